The zero-order valence-electron chi connectivity index (χ0n) is 13.2. The summed E-state index contributed by atoms with van der Waals surface area (Å²) in [5.41, 5.74) is 3.01. The van der Waals surface area contributed by atoms with Gasteiger partial charge in [0.25, 0.3) is 0 Å². The highest BCUT2D eigenvalue weighted by Crippen LogP contribution is 2.41. The number of esters is 1. The van der Waals surface area contributed by atoms with E-state index in [0.717, 1.165) is 11.3 Å². The maximum absolute atomic E-state index is 12.2. The summed E-state index contributed by atoms with van der Waals surface area (Å²) < 4.78 is 4.99. The molecule has 0 aromatic heterocycles. The summed E-state index contributed by atoms with van der Waals surface area (Å²) >= 11 is 6.13. The van der Waals surface area contributed by atoms with Gasteiger partial charge in [0.2, 0.25) is 0 Å². The molecule has 0 aliphatic carbocycles. The number of allylic oxidation sites excluding steroid dienone is 1. The smallest absolute Gasteiger partial charge is 0.328 e. The van der Waals surface area contributed by atoms with E-state index in [4.69, 9.17) is 16.3 Å². The zero-order chi connectivity index (χ0) is 15.8. The van der Waals surface area contributed by atoms with E-state index in [9.17, 15) is 4.79 Å². The van der Waals surface area contributed by atoms with Crippen LogP contribution in [0.1, 0.15) is 39.7 Å². The van der Waals surface area contributed by atoms with Gasteiger partial charge in [-0.3, -0.25) is 0 Å². The molecule has 0 spiro atoms. The molecule has 0 radical (unpaired) electrons. The van der Waals surface area contributed by atoms with Crippen LogP contribution in [0.4, 0.5) is 5.69 Å². The minimum atomic E-state index is -0.311. The Morgan fingerprint density at radius 1 is 1.43 bits per heavy atom. The van der Waals surface area contributed by atoms with Gasteiger partial charge in [-0.05, 0) is 51.0 Å². The number of nitrogens with zero attached hydrogens (tertiary/aromatic N) is 1. The summed E-state index contributed by atoms with van der Waals surface area (Å²) in [5.74, 6) is -0.209. The third-order valence-electron chi connectivity index (χ3n) is 4.01. The first-order valence-corrected chi connectivity index (χ1v) is 7.56. The molecular weight excluding hydrogens is 286 g/mol. The van der Waals surface area contributed by atoms with Crippen molar-refractivity contribution < 1.29 is 9.53 Å². The fourth-order valence-electron chi connectivity index (χ4n) is 3.18. The van der Waals surface area contributed by atoms with Crippen LogP contribution in [0, 0.1) is 0 Å². The Hall–Kier alpha value is -1.48. The number of halogens is 1. The number of benzene rings is 1. The van der Waals surface area contributed by atoms with Crippen molar-refractivity contribution in [2.75, 3.05) is 12.0 Å². The predicted molar refractivity (Wildman–Crippen MR) is 87.8 cm³/mol. The Balaban J connectivity index is 2.62. The van der Waals surface area contributed by atoms with Crippen LogP contribution in [0.5, 0.6) is 0 Å². The van der Waals surface area contributed by atoms with Gasteiger partial charge in [0, 0.05) is 16.3 Å². The number of methoxy groups -OCH3 is 1. The summed E-state index contributed by atoms with van der Waals surface area (Å²) in [6, 6.07) is 5.50. The van der Waals surface area contributed by atoms with Crippen molar-refractivity contribution in [3.8, 4) is 0 Å². The van der Waals surface area contributed by atoms with Crippen molar-refractivity contribution in [1.82, 2.24) is 0 Å². The quantitative estimate of drug-likeness (QED) is 0.780. The first kappa shape index (κ1) is 15.9. The van der Waals surface area contributed by atoms with Gasteiger partial charge < -0.3 is 9.64 Å². The molecule has 1 atom stereocenters. The van der Waals surface area contributed by atoms with Crippen molar-refractivity contribution in [3.05, 3.63) is 34.9 Å². The van der Waals surface area contributed by atoms with Gasteiger partial charge in [-0.25, -0.2) is 4.79 Å². The molecule has 1 aliphatic rings. The Morgan fingerprint density at radius 2 is 2.10 bits per heavy atom. The van der Waals surface area contributed by atoms with E-state index in [2.05, 4.69) is 31.7 Å². The van der Waals surface area contributed by atoms with Gasteiger partial charge in [0.15, 0.2) is 0 Å². The molecule has 3 nitrogen and oxygen atoms in total. The lowest BCUT2D eigenvalue weighted by Crippen LogP contribution is -2.54. The average Bonchev–Trinajstić information content (AvgIpc) is 2.42. The maximum Gasteiger partial charge on any atom is 0.328 e. The van der Waals surface area contributed by atoms with Crippen LogP contribution in [0.3, 0.4) is 0 Å². The SMILES string of the molecule is CCC(C(=O)OC)N1c2ccc(Cl)cc2C(C)=CC1(C)C. The monoisotopic (exact) mass is 307 g/mol. The molecule has 0 bridgehead atoms. The molecule has 0 fully saturated rings. The highest BCUT2D eigenvalue weighted by molar-refractivity contribution is 6.30. The zero-order valence-corrected chi connectivity index (χ0v) is 14.0. The van der Waals surface area contributed by atoms with E-state index in [1.807, 2.05) is 25.1 Å². The van der Waals surface area contributed by atoms with E-state index in [1.54, 1.807) is 0 Å². The summed E-state index contributed by atoms with van der Waals surface area (Å²) in [6.45, 7) is 8.30. The third-order valence-corrected chi connectivity index (χ3v) is 4.24. The average molecular weight is 308 g/mol. The number of fused-ring (bicyclic) bond motifs is 1. The van der Waals surface area contributed by atoms with Gasteiger partial charge in [0.1, 0.15) is 6.04 Å². The Labute approximate surface area is 131 Å². The fraction of sp³-hybridized carbons (Fsp3) is 0.471. The molecule has 1 heterocycles. The summed E-state index contributed by atoms with van der Waals surface area (Å²) in [6.07, 6.45) is 2.86. The number of ether oxygens (including phenoxy) is 1. The normalized spacial score (nSPS) is 17.8. The highest BCUT2D eigenvalue weighted by Gasteiger charge is 2.38. The molecule has 2 rings (SSSR count). The van der Waals surface area contributed by atoms with Crippen molar-refractivity contribution in [3.63, 3.8) is 0 Å². The Morgan fingerprint density at radius 3 is 2.67 bits per heavy atom. The van der Waals surface area contributed by atoms with Gasteiger partial charge >= 0.3 is 5.97 Å². The molecular formula is C17H22ClNO2. The second kappa shape index (κ2) is 5.72. The number of carbonyl (C=O) groups excluding carboxylic acids is 1. The third kappa shape index (κ3) is 2.80. The first-order valence-electron chi connectivity index (χ1n) is 7.18. The van der Waals surface area contributed by atoms with Gasteiger partial charge in [-0.2, -0.15) is 0 Å². The first-order chi connectivity index (χ1) is 9.81. The molecule has 4 heteroatoms. The minimum absolute atomic E-state index is 0.209. The number of rotatable bonds is 3. The fourth-order valence-corrected chi connectivity index (χ4v) is 3.35. The van der Waals surface area contributed by atoms with E-state index >= 15 is 0 Å². The maximum atomic E-state index is 12.2. The molecule has 114 valence electrons. The Kier molecular flexibility index (Phi) is 4.33. The Bertz CT molecular complexity index is 592. The second-order valence-electron chi connectivity index (χ2n) is 5.96. The van der Waals surface area contributed by atoms with Crippen molar-refractivity contribution in [1.29, 1.82) is 0 Å². The van der Waals surface area contributed by atoms with Crippen LogP contribution in [0.2, 0.25) is 5.02 Å². The molecule has 0 saturated heterocycles. The molecule has 1 aliphatic heterocycles. The van der Waals surface area contributed by atoms with Gasteiger partial charge in [-0.15, -0.1) is 0 Å². The molecule has 21 heavy (non-hydrogen) atoms. The van der Waals surface area contributed by atoms with Crippen molar-refractivity contribution >= 4 is 28.8 Å². The summed E-state index contributed by atoms with van der Waals surface area (Å²) in [4.78, 5) is 14.3. The molecule has 0 N–H and O–H groups in total. The summed E-state index contributed by atoms with van der Waals surface area (Å²) in [7, 11) is 1.44. The largest absolute Gasteiger partial charge is 0.467 e. The number of hydrogen-bond acceptors (Lipinski definition) is 3. The van der Waals surface area contributed by atoms with Crippen LogP contribution in [-0.4, -0.2) is 24.7 Å². The lowest BCUT2D eigenvalue weighted by Gasteiger charge is -2.46. The molecule has 0 amide bonds. The van der Waals surface area contributed by atoms with E-state index in [-0.39, 0.29) is 17.6 Å². The second-order valence-corrected chi connectivity index (χ2v) is 6.40. The number of hydrogen-bond donors (Lipinski definition) is 0. The van der Waals surface area contributed by atoms with Gasteiger partial charge in [-0.1, -0.05) is 24.6 Å². The standard InChI is InChI=1S/C17H22ClNO2/c1-6-14(16(20)21-5)19-15-8-7-12(18)9-13(15)11(2)10-17(19,3)4/h7-10,14H,6H2,1-5H3. The number of carbonyl (C=O) groups is 1. The molecule has 1 unspecified atom stereocenters. The van der Waals surface area contributed by atoms with Crippen LogP contribution >= 0.6 is 11.6 Å². The molecule has 1 aromatic rings. The van der Waals surface area contributed by atoms with E-state index in [0.29, 0.717) is 11.4 Å². The van der Waals surface area contributed by atoms with Crippen LogP contribution in [0.25, 0.3) is 5.57 Å². The van der Waals surface area contributed by atoms with Crippen LogP contribution in [-0.2, 0) is 9.53 Å². The van der Waals surface area contributed by atoms with Crippen LogP contribution < -0.4 is 4.90 Å². The highest BCUT2D eigenvalue weighted by atomic mass is 35.5. The predicted octanol–water partition coefficient (Wildman–Crippen LogP) is 4.29. The lowest BCUT2D eigenvalue weighted by atomic mass is 9.87. The number of anilines is 1. The lowest BCUT2D eigenvalue weighted by molar-refractivity contribution is -0.142. The van der Waals surface area contributed by atoms with Crippen molar-refractivity contribution in [2.45, 2.75) is 45.7 Å². The minimum Gasteiger partial charge on any atom is -0.467 e. The molecule has 0 saturated carbocycles. The summed E-state index contributed by atoms with van der Waals surface area (Å²) in [5, 5.41) is 0.701. The van der Waals surface area contributed by atoms with Crippen LogP contribution in [0.15, 0.2) is 24.3 Å². The van der Waals surface area contributed by atoms with Gasteiger partial charge in [0.05, 0.1) is 12.6 Å². The van der Waals surface area contributed by atoms with Crippen molar-refractivity contribution in [2.24, 2.45) is 0 Å². The van der Waals surface area contributed by atoms with E-state index < -0.39 is 0 Å². The topological polar surface area (TPSA) is 29.5 Å². The van der Waals surface area contributed by atoms with E-state index in [1.165, 1.54) is 12.7 Å². The molecule has 1 aromatic carbocycles.